The predicted molar refractivity (Wildman–Crippen MR) is 107 cm³/mol. The number of aromatic nitrogens is 1. The van der Waals surface area contributed by atoms with Crippen LogP contribution in [0.15, 0.2) is 30.9 Å². The Hall–Kier alpha value is -2.11. The second-order valence-electron chi connectivity index (χ2n) is 7.54. The summed E-state index contributed by atoms with van der Waals surface area (Å²) in [6, 6.07) is 6.52. The maximum Gasteiger partial charge on any atom is 0.282 e. The van der Waals surface area contributed by atoms with Crippen LogP contribution in [0.1, 0.15) is 41.4 Å². The van der Waals surface area contributed by atoms with Gasteiger partial charge in [0.05, 0.1) is 0 Å². The lowest BCUT2D eigenvalue weighted by Gasteiger charge is -2.32. The van der Waals surface area contributed by atoms with Gasteiger partial charge in [-0.05, 0) is 43.1 Å². The van der Waals surface area contributed by atoms with Gasteiger partial charge in [0.1, 0.15) is 5.69 Å². The van der Waals surface area contributed by atoms with E-state index >= 15 is 0 Å². The van der Waals surface area contributed by atoms with Crippen molar-refractivity contribution in [2.24, 2.45) is 0 Å². The van der Waals surface area contributed by atoms with Crippen molar-refractivity contribution in [2.75, 3.05) is 33.2 Å². The van der Waals surface area contributed by atoms with Gasteiger partial charge in [-0.15, -0.1) is 6.58 Å². The summed E-state index contributed by atoms with van der Waals surface area (Å²) in [7, 11) is 2.11. The zero-order valence-electron chi connectivity index (χ0n) is 16.4. The first kappa shape index (κ1) is 18.7. The summed E-state index contributed by atoms with van der Waals surface area (Å²) in [6.45, 7) is 14.6. The third-order valence-electron chi connectivity index (χ3n) is 5.30. The first-order valence-electron chi connectivity index (χ1n) is 9.40. The number of nitrogens with one attached hydrogen (secondary N) is 1. The number of carbonyl (C=O) groups excluding carboxylic acids is 1. The Morgan fingerprint density at radius 1 is 1.27 bits per heavy atom. The largest absolute Gasteiger partial charge is 0.332 e. The number of nitrogens with zero attached hydrogens (tertiary/aromatic N) is 3. The molecule has 5 heteroatoms. The van der Waals surface area contributed by atoms with E-state index in [1.165, 1.54) is 5.56 Å². The molecule has 1 aromatic carbocycles. The molecule has 0 unspecified atom stereocenters. The summed E-state index contributed by atoms with van der Waals surface area (Å²) in [5.41, 5.74) is 7.27. The second kappa shape index (κ2) is 7.64. The van der Waals surface area contributed by atoms with Crippen molar-refractivity contribution in [1.82, 2.24) is 19.9 Å². The molecule has 0 saturated carbocycles. The smallest absolute Gasteiger partial charge is 0.282 e. The van der Waals surface area contributed by atoms with Crippen molar-refractivity contribution in [3.63, 3.8) is 0 Å². The molecule has 1 N–H and O–H groups in total. The van der Waals surface area contributed by atoms with Crippen molar-refractivity contribution >= 4 is 16.8 Å². The van der Waals surface area contributed by atoms with Crippen LogP contribution in [-0.4, -0.2) is 53.6 Å². The number of hydrazine groups is 1. The summed E-state index contributed by atoms with van der Waals surface area (Å²) >= 11 is 0. The molecule has 3 rings (SSSR count). The monoisotopic (exact) mass is 354 g/mol. The molecule has 2 aromatic rings. The van der Waals surface area contributed by atoms with E-state index in [1.807, 2.05) is 18.0 Å². The van der Waals surface area contributed by atoms with E-state index in [4.69, 9.17) is 0 Å². The first-order valence-corrected chi connectivity index (χ1v) is 9.40. The summed E-state index contributed by atoms with van der Waals surface area (Å²) in [4.78, 5) is 15.4. The molecule has 2 heterocycles. The molecule has 1 amide bonds. The highest BCUT2D eigenvalue weighted by Gasteiger charge is 2.23. The number of allylic oxidation sites excluding steroid dienone is 1. The Kier molecular flexibility index (Phi) is 5.49. The van der Waals surface area contributed by atoms with Gasteiger partial charge >= 0.3 is 0 Å². The van der Waals surface area contributed by atoms with Crippen molar-refractivity contribution in [1.29, 1.82) is 0 Å². The van der Waals surface area contributed by atoms with Gasteiger partial charge < -0.3 is 9.47 Å². The number of amides is 1. The first-order chi connectivity index (χ1) is 12.4. The van der Waals surface area contributed by atoms with Crippen LogP contribution in [0.5, 0.6) is 0 Å². The summed E-state index contributed by atoms with van der Waals surface area (Å²) in [5.74, 6) is 0.431. The number of likely N-dealkylation sites (N-methyl/N-ethyl adjacent to an activating group) is 1. The minimum Gasteiger partial charge on any atom is -0.332 e. The van der Waals surface area contributed by atoms with E-state index in [2.05, 4.69) is 60.6 Å². The standard InChI is InChI=1S/C21H30N4O/c1-6-9-25-19-8-7-17(15(2)3)14-18(19)16(4)20(25)21(26)22-24-12-10-23(5)11-13-24/h6-8,14-15H,1,9-13H2,2-5H3,(H,22,26). The Morgan fingerprint density at radius 3 is 2.58 bits per heavy atom. The molecule has 1 fully saturated rings. The fourth-order valence-corrected chi connectivity index (χ4v) is 3.63. The highest BCUT2D eigenvalue weighted by molar-refractivity contribution is 6.01. The number of hydrogen-bond acceptors (Lipinski definition) is 3. The van der Waals surface area contributed by atoms with Crippen LogP contribution in [0, 0.1) is 6.92 Å². The normalized spacial score (nSPS) is 16.3. The highest BCUT2D eigenvalue weighted by atomic mass is 16.2. The van der Waals surface area contributed by atoms with E-state index in [0.717, 1.165) is 48.3 Å². The van der Waals surface area contributed by atoms with Crippen molar-refractivity contribution in [3.05, 3.63) is 47.7 Å². The molecule has 1 saturated heterocycles. The molecular weight excluding hydrogens is 324 g/mol. The van der Waals surface area contributed by atoms with Crippen molar-refractivity contribution in [3.8, 4) is 0 Å². The third-order valence-corrected chi connectivity index (χ3v) is 5.30. The lowest BCUT2D eigenvalue weighted by atomic mass is 10.0. The Balaban J connectivity index is 1.97. The molecule has 1 aliphatic rings. The Bertz CT molecular complexity index is 813. The molecule has 0 spiro atoms. The number of aryl methyl sites for hydroxylation is 1. The molecule has 1 aromatic heterocycles. The molecule has 1 aliphatic heterocycles. The third kappa shape index (κ3) is 3.55. The minimum absolute atomic E-state index is 0.0313. The van der Waals surface area contributed by atoms with Crippen LogP contribution in [-0.2, 0) is 6.54 Å². The quantitative estimate of drug-likeness (QED) is 0.839. The number of rotatable bonds is 5. The van der Waals surface area contributed by atoms with Gasteiger partial charge in [0.25, 0.3) is 5.91 Å². The van der Waals surface area contributed by atoms with Crippen LogP contribution >= 0.6 is 0 Å². The van der Waals surface area contributed by atoms with Gasteiger partial charge in [0.2, 0.25) is 0 Å². The van der Waals surface area contributed by atoms with Crippen molar-refractivity contribution < 1.29 is 4.79 Å². The molecule has 0 bridgehead atoms. The van der Waals surface area contributed by atoms with Gasteiger partial charge in [-0.2, -0.15) is 0 Å². The summed E-state index contributed by atoms with van der Waals surface area (Å²) in [6.07, 6.45) is 1.85. The van der Waals surface area contributed by atoms with Crippen LogP contribution in [0.25, 0.3) is 10.9 Å². The van der Waals surface area contributed by atoms with E-state index in [1.54, 1.807) is 0 Å². The summed E-state index contributed by atoms with van der Waals surface area (Å²) in [5, 5.41) is 3.18. The van der Waals surface area contributed by atoms with E-state index in [0.29, 0.717) is 12.5 Å². The topological polar surface area (TPSA) is 40.5 Å². The molecule has 0 radical (unpaired) electrons. The average Bonchev–Trinajstić information content (AvgIpc) is 2.89. The van der Waals surface area contributed by atoms with Gasteiger partial charge in [0.15, 0.2) is 0 Å². The second-order valence-corrected chi connectivity index (χ2v) is 7.54. The molecule has 140 valence electrons. The highest BCUT2D eigenvalue weighted by Crippen LogP contribution is 2.29. The fourth-order valence-electron chi connectivity index (χ4n) is 3.63. The van der Waals surface area contributed by atoms with E-state index < -0.39 is 0 Å². The zero-order valence-corrected chi connectivity index (χ0v) is 16.4. The lowest BCUT2D eigenvalue weighted by Crippen LogP contribution is -2.52. The number of piperazine rings is 1. The fraction of sp³-hybridized carbons (Fsp3) is 0.476. The van der Waals surface area contributed by atoms with Gasteiger partial charge in [-0.3, -0.25) is 10.2 Å². The SMILES string of the molecule is C=CCn1c(C(=O)NN2CCN(C)CC2)c(C)c2cc(C(C)C)ccc21. The average molecular weight is 354 g/mol. The Labute approximate surface area is 156 Å². The summed E-state index contributed by atoms with van der Waals surface area (Å²) < 4.78 is 2.08. The van der Waals surface area contributed by atoms with Crippen LogP contribution in [0.2, 0.25) is 0 Å². The van der Waals surface area contributed by atoms with Crippen LogP contribution < -0.4 is 5.43 Å². The molecular formula is C21H30N4O. The molecule has 0 atom stereocenters. The molecule has 5 nitrogen and oxygen atoms in total. The number of benzene rings is 1. The van der Waals surface area contributed by atoms with Gasteiger partial charge in [0, 0.05) is 43.6 Å². The van der Waals surface area contributed by atoms with Gasteiger partial charge in [-0.1, -0.05) is 26.0 Å². The van der Waals surface area contributed by atoms with Crippen molar-refractivity contribution in [2.45, 2.75) is 33.2 Å². The molecule has 0 aliphatic carbocycles. The van der Waals surface area contributed by atoms with Crippen LogP contribution in [0.3, 0.4) is 0 Å². The van der Waals surface area contributed by atoms with Gasteiger partial charge in [-0.25, -0.2) is 5.01 Å². The number of fused-ring (bicyclic) bond motifs is 1. The number of hydrogen-bond donors (Lipinski definition) is 1. The minimum atomic E-state index is -0.0313. The van der Waals surface area contributed by atoms with Crippen LogP contribution in [0.4, 0.5) is 0 Å². The zero-order chi connectivity index (χ0) is 18.8. The lowest BCUT2D eigenvalue weighted by molar-refractivity contribution is 0.0654. The molecule has 26 heavy (non-hydrogen) atoms. The maximum absolute atomic E-state index is 13.1. The Morgan fingerprint density at radius 2 is 1.96 bits per heavy atom. The van der Waals surface area contributed by atoms with E-state index in [9.17, 15) is 4.79 Å². The van der Waals surface area contributed by atoms with E-state index in [-0.39, 0.29) is 5.91 Å². The predicted octanol–water partition coefficient (Wildman–Crippen LogP) is 3.15. The maximum atomic E-state index is 13.1. The number of carbonyl (C=O) groups is 1.